The third kappa shape index (κ3) is 4.78. The summed E-state index contributed by atoms with van der Waals surface area (Å²) >= 11 is 0. The molecule has 1 fully saturated rings. The van der Waals surface area contributed by atoms with Crippen molar-refractivity contribution in [2.24, 2.45) is 0 Å². The molecule has 112 valence electrons. The van der Waals surface area contributed by atoms with Crippen molar-refractivity contribution in [3.63, 3.8) is 0 Å². The molecule has 4 nitrogen and oxygen atoms in total. The number of morpholine rings is 1. The van der Waals surface area contributed by atoms with Gasteiger partial charge in [-0.25, -0.2) is 0 Å². The molecule has 0 unspecified atom stereocenters. The van der Waals surface area contributed by atoms with E-state index in [-0.39, 0.29) is 18.2 Å². The Labute approximate surface area is 126 Å². The van der Waals surface area contributed by atoms with Crippen LogP contribution in [0, 0.1) is 0 Å². The third-order valence-electron chi connectivity index (χ3n) is 3.19. The van der Waals surface area contributed by atoms with Gasteiger partial charge < -0.3 is 9.47 Å². The van der Waals surface area contributed by atoms with Gasteiger partial charge in [-0.1, -0.05) is 0 Å². The number of rotatable bonds is 5. The van der Waals surface area contributed by atoms with Crippen LogP contribution < -0.4 is 4.74 Å². The second kappa shape index (κ2) is 8.25. The summed E-state index contributed by atoms with van der Waals surface area (Å²) in [7, 11) is 0. The van der Waals surface area contributed by atoms with Gasteiger partial charge in [0.2, 0.25) is 0 Å². The van der Waals surface area contributed by atoms with Crippen LogP contribution in [0.5, 0.6) is 5.75 Å². The summed E-state index contributed by atoms with van der Waals surface area (Å²) in [6.07, 6.45) is 0. The highest BCUT2D eigenvalue weighted by Gasteiger charge is 2.12. The maximum atomic E-state index is 11.6. The van der Waals surface area contributed by atoms with E-state index in [2.05, 4.69) is 4.90 Å². The molecular formula is C15H22ClNO3. The van der Waals surface area contributed by atoms with Crippen LogP contribution >= 0.6 is 12.4 Å². The first kappa shape index (κ1) is 17.0. The van der Waals surface area contributed by atoms with Crippen LogP contribution in [0.2, 0.25) is 0 Å². The zero-order chi connectivity index (χ0) is 13.7. The minimum Gasteiger partial charge on any atom is -0.494 e. The zero-order valence-corrected chi connectivity index (χ0v) is 12.9. The van der Waals surface area contributed by atoms with E-state index in [4.69, 9.17) is 9.47 Å². The third-order valence-corrected chi connectivity index (χ3v) is 3.19. The number of ketones is 1. The van der Waals surface area contributed by atoms with Crippen LogP contribution in [0.15, 0.2) is 18.2 Å². The predicted molar refractivity (Wildman–Crippen MR) is 81.0 cm³/mol. The van der Waals surface area contributed by atoms with Crippen molar-refractivity contribution in [1.29, 1.82) is 0 Å². The molecule has 1 heterocycles. The van der Waals surface area contributed by atoms with Crippen LogP contribution in [0.1, 0.15) is 29.8 Å². The van der Waals surface area contributed by atoms with E-state index in [0.717, 1.165) is 44.2 Å². The molecule has 1 aliphatic heterocycles. The Hall–Kier alpha value is -1.10. The molecule has 0 aliphatic carbocycles. The van der Waals surface area contributed by atoms with E-state index in [1.54, 1.807) is 6.92 Å². The Balaban J connectivity index is 0.00000200. The number of carbonyl (C=O) groups is 1. The van der Waals surface area contributed by atoms with Gasteiger partial charge in [0.15, 0.2) is 5.78 Å². The monoisotopic (exact) mass is 299 g/mol. The van der Waals surface area contributed by atoms with E-state index in [1.165, 1.54) is 0 Å². The molecule has 1 saturated heterocycles. The Morgan fingerprint density at radius 2 is 2.00 bits per heavy atom. The summed E-state index contributed by atoms with van der Waals surface area (Å²) in [5.74, 6) is 0.850. The largest absolute Gasteiger partial charge is 0.494 e. The van der Waals surface area contributed by atoms with Crippen LogP contribution in [0.3, 0.4) is 0 Å². The number of carbonyl (C=O) groups excluding carboxylic acids is 1. The summed E-state index contributed by atoms with van der Waals surface area (Å²) in [5, 5.41) is 0. The number of hydrogen-bond donors (Lipinski definition) is 0. The molecule has 0 N–H and O–H groups in total. The van der Waals surface area contributed by atoms with E-state index in [9.17, 15) is 4.79 Å². The second-order valence-corrected chi connectivity index (χ2v) is 4.74. The molecule has 0 spiro atoms. The molecule has 20 heavy (non-hydrogen) atoms. The van der Waals surface area contributed by atoms with Crippen molar-refractivity contribution >= 4 is 18.2 Å². The fourth-order valence-electron chi connectivity index (χ4n) is 2.22. The standard InChI is InChI=1S/C15H21NO3.ClH/c1-3-19-15-9-13(8-14(10-15)12(2)17)11-16-4-6-18-7-5-16;/h8-10H,3-7,11H2,1-2H3;1H. The summed E-state index contributed by atoms with van der Waals surface area (Å²) in [6, 6.07) is 5.79. The molecule has 2 rings (SSSR count). The quantitative estimate of drug-likeness (QED) is 0.783. The molecule has 0 atom stereocenters. The summed E-state index contributed by atoms with van der Waals surface area (Å²) in [6.45, 7) is 8.42. The normalized spacial score (nSPS) is 15.5. The Morgan fingerprint density at radius 1 is 1.30 bits per heavy atom. The summed E-state index contributed by atoms with van der Waals surface area (Å²) in [4.78, 5) is 13.9. The predicted octanol–water partition coefficient (Wildman–Crippen LogP) is 2.54. The maximum absolute atomic E-state index is 11.6. The SMILES string of the molecule is CCOc1cc(CN2CCOCC2)cc(C(C)=O)c1.Cl. The first-order valence-corrected chi connectivity index (χ1v) is 6.77. The second-order valence-electron chi connectivity index (χ2n) is 4.74. The van der Waals surface area contributed by atoms with Gasteiger partial charge in [-0.15, -0.1) is 12.4 Å². The Morgan fingerprint density at radius 3 is 2.60 bits per heavy atom. The number of halogens is 1. The van der Waals surface area contributed by atoms with E-state index >= 15 is 0 Å². The van der Waals surface area contributed by atoms with Crippen molar-refractivity contribution in [2.75, 3.05) is 32.9 Å². The smallest absolute Gasteiger partial charge is 0.159 e. The lowest BCUT2D eigenvalue weighted by atomic mass is 10.1. The van der Waals surface area contributed by atoms with E-state index in [0.29, 0.717) is 12.2 Å². The average Bonchev–Trinajstić information content (AvgIpc) is 2.40. The molecule has 0 aromatic heterocycles. The topological polar surface area (TPSA) is 38.8 Å². The molecule has 0 bridgehead atoms. The fourth-order valence-corrected chi connectivity index (χ4v) is 2.22. The highest BCUT2D eigenvalue weighted by atomic mass is 35.5. The zero-order valence-electron chi connectivity index (χ0n) is 12.1. The van der Waals surface area contributed by atoms with Crippen LogP contribution in [-0.2, 0) is 11.3 Å². The van der Waals surface area contributed by atoms with E-state index in [1.807, 2.05) is 25.1 Å². The van der Waals surface area contributed by atoms with Gasteiger partial charge in [0.25, 0.3) is 0 Å². The molecule has 1 aliphatic rings. The maximum Gasteiger partial charge on any atom is 0.159 e. The van der Waals surface area contributed by atoms with Gasteiger partial charge in [-0.05, 0) is 37.6 Å². The highest BCUT2D eigenvalue weighted by Crippen LogP contribution is 2.19. The minimum absolute atomic E-state index is 0. The number of nitrogens with zero attached hydrogens (tertiary/aromatic N) is 1. The minimum atomic E-state index is 0. The molecule has 0 radical (unpaired) electrons. The Kier molecular flexibility index (Phi) is 6.99. The highest BCUT2D eigenvalue weighted by molar-refractivity contribution is 5.94. The molecule has 0 amide bonds. The lowest BCUT2D eigenvalue weighted by Gasteiger charge is -2.26. The Bertz CT molecular complexity index is 445. The van der Waals surface area contributed by atoms with Gasteiger partial charge in [0, 0.05) is 25.2 Å². The van der Waals surface area contributed by atoms with E-state index < -0.39 is 0 Å². The van der Waals surface area contributed by atoms with Crippen molar-refractivity contribution in [1.82, 2.24) is 4.90 Å². The number of hydrogen-bond acceptors (Lipinski definition) is 4. The van der Waals surface area contributed by atoms with Gasteiger partial charge in [-0.3, -0.25) is 9.69 Å². The van der Waals surface area contributed by atoms with Gasteiger partial charge in [0.05, 0.1) is 19.8 Å². The van der Waals surface area contributed by atoms with Gasteiger partial charge in [-0.2, -0.15) is 0 Å². The molecule has 1 aromatic rings. The number of ether oxygens (including phenoxy) is 2. The summed E-state index contributed by atoms with van der Waals surface area (Å²) < 4.78 is 10.9. The lowest BCUT2D eigenvalue weighted by Crippen LogP contribution is -2.35. The van der Waals surface area contributed by atoms with Crippen LogP contribution in [0.4, 0.5) is 0 Å². The average molecular weight is 300 g/mol. The van der Waals surface area contributed by atoms with Gasteiger partial charge >= 0.3 is 0 Å². The first-order chi connectivity index (χ1) is 9.19. The molecule has 1 aromatic carbocycles. The number of Topliss-reactive ketones (excluding diaryl/α,β-unsaturated/α-hetero) is 1. The van der Waals surface area contributed by atoms with Gasteiger partial charge in [0.1, 0.15) is 5.75 Å². The van der Waals surface area contributed by atoms with Crippen molar-refractivity contribution in [3.8, 4) is 5.75 Å². The van der Waals surface area contributed by atoms with Crippen molar-refractivity contribution < 1.29 is 14.3 Å². The molecule has 0 saturated carbocycles. The van der Waals surface area contributed by atoms with Crippen LogP contribution in [-0.4, -0.2) is 43.6 Å². The molecule has 5 heteroatoms. The number of benzene rings is 1. The fraction of sp³-hybridized carbons (Fsp3) is 0.533. The molecular weight excluding hydrogens is 278 g/mol. The van der Waals surface area contributed by atoms with Crippen molar-refractivity contribution in [3.05, 3.63) is 29.3 Å². The summed E-state index contributed by atoms with van der Waals surface area (Å²) in [5.41, 5.74) is 1.84. The van der Waals surface area contributed by atoms with Crippen LogP contribution in [0.25, 0.3) is 0 Å². The first-order valence-electron chi connectivity index (χ1n) is 6.77. The lowest BCUT2D eigenvalue weighted by molar-refractivity contribution is 0.0341. The van der Waals surface area contributed by atoms with Crippen molar-refractivity contribution in [2.45, 2.75) is 20.4 Å².